The molecule has 1 unspecified atom stereocenters. The van der Waals surface area contributed by atoms with E-state index in [9.17, 15) is 0 Å². The molecule has 1 atom stereocenters. The first-order chi connectivity index (χ1) is 5.89. The van der Waals surface area contributed by atoms with Crippen molar-refractivity contribution in [3.05, 3.63) is 0 Å². The predicted octanol–water partition coefficient (Wildman–Crippen LogP) is 2.31. The van der Waals surface area contributed by atoms with Gasteiger partial charge in [0.1, 0.15) is 0 Å². The Hall–Kier alpha value is -0.0151. The van der Waals surface area contributed by atoms with E-state index < -0.39 is 0 Å². The lowest BCUT2D eigenvalue weighted by Gasteiger charge is -2.39. The molecular weight excluding hydrogens is 161 g/mol. The molecule has 76 valence electrons. The Morgan fingerprint density at radius 3 is 2.62 bits per heavy atom. The van der Waals surface area contributed by atoms with Crippen LogP contribution in [0.5, 0.6) is 0 Å². The Kier molecular flexibility index (Phi) is 3.41. The van der Waals surface area contributed by atoms with Crippen molar-refractivity contribution in [2.45, 2.75) is 59.0 Å². The molecule has 0 bridgehead atoms. The van der Waals surface area contributed by atoms with E-state index in [0.717, 1.165) is 12.7 Å². The second-order valence-corrected chi connectivity index (χ2v) is 5.30. The molecule has 0 radical (unpaired) electrons. The van der Waals surface area contributed by atoms with E-state index in [0.29, 0.717) is 12.0 Å². The molecule has 1 aliphatic heterocycles. The molecule has 1 rings (SSSR count). The average molecular weight is 183 g/mol. The second-order valence-electron chi connectivity index (χ2n) is 5.30. The molecule has 1 fully saturated rings. The van der Waals surface area contributed by atoms with Gasteiger partial charge < -0.3 is 9.88 Å². The number of rotatable bonds is 2. The molecule has 0 saturated carbocycles. The summed E-state index contributed by atoms with van der Waals surface area (Å²) in [4.78, 5) is 0. The van der Waals surface area contributed by atoms with Crippen molar-refractivity contribution < 1.29 is 4.65 Å². The number of hydrogen-bond donors (Lipinski definition) is 1. The highest BCUT2D eigenvalue weighted by molar-refractivity contribution is 6.49. The van der Waals surface area contributed by atoms with Gasteiger partial charge in [-0.05, 0) is 39.4 Å². The topological polar surface area (TPSA) is 21.3 Å². The Labute approximate surface area is 82.6 Å². The minimum Gasteiger partial charge on any atom is -0.419 e. The van der Waals surface area contributed by atoms with Gasteiger partial charge in [-0.2, -0.15) is 0 Å². The average Bonchev–Trinajstić information content (AvgIpc) is 1.78. The summed E-state index contributed by atoms with van der Waals surface area (Å²) in [5.41, 5.74) is 0.233. The van der Waals surface area contributed by atoms with E-state index in [-0.39, 0.29) is 12.6 Å². The summed E-state index contributed by atoms with van der Waals surface area (Å²) < 4.78 is 5.82. The molecular formula is C10H22BNO. The first-order valence-corrected chi connectivity index (χ1v) is 5.32. The van der Waals surface area contributed by atoms with Gasteiger partial charge in [0, 0.05) is 11.6 Å². The van der Waals surface area contributed by atoms with Crippen LogP contribution in [0.2, 0.25) is 6.32 Å². The standard InChI is InChI=1S/C10H22BNO/c1-8(2)7-11-12-10(4,5)6-9(3)13-11/h8-9,12H,6-7H2,1-5H3. The fraction of sp³-hybridized carbons (Fsp3) is 1.00. The fourth-order valence-corrected chi connectivity index (χ4v) is 2.12. The van der Waals surface area contributed by atoms with Crippen molar-refractivity contribution in [2.75, 3.05) is 0 Å². The molecule has 1 saturated heterocycles. The molecule has 1 aliphatic rings. The lowest BCUT2D eigenvalue weighted by atomic mass is 9.68. The first-order valence-electron chi connectivity index (χ1n) is 5.32. The highest BCUT2D eigenvalue weighted by Crippen LogP contribution is 2.22. The maximum Gasteiger partial charge on any atom is 0.380 e. The fourth-order valence-electron chi connectivity index (χ4n) is 2.12. The van der Waals surface area contributed by atoms with Gasteiger partial charge in [-0.1, -0.05) is 13.8 Å². The third kappa shape index (κ3) is 3.69. The van der Waals surface area contributed by atoms with Crippen LogP contribution in [0.3, 0.4) is 0 Å². The summed E-state index contributed by atoms with van der Waals surface area (Å²) >= 11 is 0. The summed E-state index contributed by atoms with van der Waals surface area (Å²) in [5.74, 6) is 0.693. The van der Waals surface area contributed by atoms with E-state index in [1.807, 2.05) is 0 Å². The zero-order chi connectivity index (χ0) is 10.1. The van der Waals surface area contributed by atoms with Gasteiger partial charge in [0.25, 0.3) is 0 Å². The first kappa shape index (κ1) is 11.1. The quantitative estimate of drug-likeness (QED) is 0.663. The minimum absolute atomic E-state index is 0.233. The van der Waals surface area contributed by atoms with Crippen molar-refractivity contribution in [1.29, 1.82) is 0 Å². The smallest absolute Gasteiger partial charge is 0.380 e. The van der Waals surface area contributed by atoms with Crippen molar-refractivity contribution in [3.8, 4) is 0 Å². The molecule has 0 aromatic heterocycles. The highest BCUT2D eigenvalue weighted by atomic mass is 16.5. The van der Waals surface area contributed by atoms with E-state index in [1.54, 1.807) is 0 Å². The number of hydrogen-bond acceptors (Lipinski definition) is 2. The lowest BCUT2D eigenvalue weighted by molar-refractivity contribution is 0.130. The van der Waals surface area contributed by atoms with Crippen molar-refractivity contribution >= 4 is 7.05 Å². The molecule has 0 aromatic rings. The summed E-state index contributed by atoms with van der Waals surface area (Å²) in [5, 5.41) is 3.53. The van der Waals surface area contributed by atoms with E-state index in [4.69, 9.17) is 4.65 Å². The van der Waals surface area contributed by atoms with Gasteiger partial charge in [-0.15, -0.1) is 0 Å². The maximum atomic E-state index is 5.82. The van der Waals surface area contributed by atoms with Gasteiger partial charge in [0.2, 0.25) is 0 Å². The largest absolute Gasteiger partial charge is 0.419 e. The molecule has 3 heteroatoms. The molecule has 0 spiro atoms. The van der Waals surface area contributed by atoms with Crippen LogP contribution in [-0.2, 0) is 4.65 Å². The SMILES string of the molecule is CC(C)CB1NC(C)(C)CC(C)O1. The molecule has 1 N–H and O–H groups in total. The molecule has 0 amide bonds. The maximum absolute atomic E-state index is 5.82. The van der Waals surface area contributed by atoms with Crippen LogP contribution >= 0.6 is 0 Å². The molecule has 0 aliphatic carbocycles. The minimum atomic E-state index is 0.233. The van der Waals surface area contributed by atoms with Crippen LogP contribution in [0.4, 0.5) is 0 Å². The Morgan fingerprint density at radius 1 is 1.54 bits per heavy atom. The number of nitrogens with one attached hydrogen (secondary N) is 1. The van der Waals surface area contributed by atoms with Gasteiger partial charge in [-0.3, -0.25) is 0 Å². The predicted molar refractivity (Wildman–Crippen MR) is 57.8 cm³/mol. The van der Waals surface area contributed by atoms with Crippen LogP contribution < -0.4 is 5.23 Å². The Balaban J connectivity index is 2.48. The van der Waals surface area contributed by atoms with Crippen LogP contribution in [0.1, 0.15) is 41.0 Å². The highest BCUT2D eigenvalue weighted by Gasteiger charge is 2.34. The van der Waals surface area contributed by atoms with Crippen LogP contribution in [0, 0.1) is 5.92 Å². The van der Waals surface area contributed by atoms with E-state index >= 15 is 0 Å². The van der Waals surface area contributed by atoms with Crippen molar-refractivity contribution in [3.63, 3.8) is 0 Å². The zero-order valence-electron chi connectivity index (χ0n) is 9.55. The summed E-state index contributed by atoms with van der Waals surface area (Å²) in [6.45, 7) is 11.1. The Bertz CT molecular complexity index is 168. The van der Waals surface area contributed by atoms with Crippen molar-refractivity contribution in [1.82, 2.24) is 5.23 Å². The monoisotopic (exact) mass is 183 g/mol. The molecule has 2 nitrogen and oxygen atoms in total. The van der Waals surface area contributed by atoms with Crippen LogP contribution in [-0.4, -0.2) is 18.7 Å². The summed E-state index contributed by atoms with van der Waals surface area (Å²) in [7, 11) is 0.249. The third-order valence-corrected chi connectivity index (χ3v) is 2.43. The van der Waals surface area contributed by atoms with Crippen molar-refractivity contribution in [2.24, 2.45) is 5.92 Å². The van der Waals surface area contributed by atoms with Gasteiger partial charge in [0.15, 0.2) is 0 Å². The van der Waals surface area contributed by atoms with E-state index in [2.05, 4.69) is 39.8 Å². The molecule has 0 aromatic carbocycles. The summed E-state index contributed by atoms with van der Waals surface area (Å²) in [6.07, 6.45) is 2.59. The second kappa shape index (κ2) is 4.01. The molecule has 1 heterocycles. The third-order valence-electron chi connectivity index (χ3n) is 2.43. The molecule has 13 heavy (non-hydrogen) atoms. The van der Waals surface area contributed by atoms with E-state index in [1.165, 1.54) is 0 Å². The lowest BCUT2D eigenvalue weighted by Crippen LogP contribution is -2.57. The van der Waals surface area contributed by atoms with Gasteiger partial charge in [-0.25, -0.2) is 0 Å². The Morgan fingerprint density at radius 2 is 2.15 bits per heavy atom. The van der Waals surface area contributed by atoms with Gasteiger partial charge in [0.05, 0.1) is 0 Å². The van der Waals surface area contributed by atoms with Crippen LogP contribution in [0.15, 0.2) is 0 Å². The van der Waals surface area contributed by atoms with Crippen LogP contribution in [0.25, 0.3) is 0 Å². The zero-order valence-corrected chi connectivity index (χ0v) is 9.55. The van der Waals surface area contributed by atoms with Gasteiger partial charge >= 0.3 is 7.05 Å². The summed E-state index contributed by atoms with van der Waals surface area (Å²) in [6, 6.07) is 0. The normalized spacial score (nSPS) is 28.2.